The molecule has 0 heterocycles. The van der Waals surface area contributed by atoms with E-state index in [2.05, 4.69) is 9.71 Å². The molecule has 0 bridgehead atoms. The number of halogens is 1. The molecule has 2 aromatic carbocycles. The molecular formula is C15H15ClN2O2S. The molecule has 0 amide bonds. The zero-order valence-electron chi connectivity index (χ0n) is 11.7. The maximum atomic E-state index is 12.3. The highest BCUT2D eigenvalue weighted by Crippen LogP contribution is 2.13. The van der Waals surface area contributed by atoms with Gasteiger partial charge in [-0.2, -0.15) is 0 Å². The molecule has 0 aliphatic carbocycles. The van der Waals surface area contributed by atoms with Crippen molar-refractivity contribution >= 4 is 27.5 Å². The number of sulfonamides is 1. The zero-order chi connectivity index (χ0) is 15.5. The van der Waals surface area contributed by atoms with Crippen LogP contribution in [0.15, 0.2) is 58.4 Å². The highest BCUT2D eigenvalue weighted by molar-refractivity contribution is 7.90. The lowest BCUT2D eigenvalue weighted by Gasteiger charge is -2.11. The first-order chi connectivity index (χ1) is 9.92. The fourth-order valence-corrected chi connectivity index (χ4v) is 2.95. The van der Waals surface area contributed by atoms with Crippen molar-refractivity contribution in [2.45, 2.75) is 11.8 Å². The van der Waals surface area contributed by atoms with Crippen LogP contribution in [0.4, 0.5) is 0 Å². The van der Waals surface area contributed by atoms with Gasteiger partial charge in [0.15, 0.2) is 0 Å². The smallest absolute Gasteiger partial charge is 0.263 e. The van der Waals surface area contributed by atoms with E-state index < -0.39 is 10.0 Å². The normalized spacial score (nSPS) is 12.2. The molecule has 0 saturated carbocycles. The lowest BCUT2D eigenvalue weighted by Crippen LogP contribution is -2.31. The number of rotatable bonds is 3. The van der Waals surface area contributed by atoms with Gasteiger partial charge in [0.2, 0.25) is 0 Å². The summed E-state index contributed by atoms with van der Waals surface area (Å²) in [5.41, 5.74) is 1.65. The van der Waals surface area contributed by atoms with E-state index in [4.69, 9.17) is 11.6 Å². The van der Waals surface area contributed by atoms with Gasteiger partial charge in [-0.3, -0.25) is 9.71 Å². The van der Waals surface area contributed by atoms with Gasteiger partial charge in [-0.1, -0.05) is 29.3 Å². The standard InChI is InChI=1S/C15H15ClN2O2S/c1-11-3-9-14(10-4-11)21(19,20)18-15(17-2)12-5-7-13(16)8-6-12/h3-10H,1-2H3,(H,17,18). The second kappa shape index (κ2) is 6.28. The Morgan fingerprint density at radius 1 is 1.05 bits per heavy atom. The van der Waals surface area contributed by atoms with E-state index in [0.29, 0.717) is 10.6 Å². The molecule has 0 saturated heterocycles. The Kier molecular flexibility index (Phi) is 4.65. The summed E-state index contributed by atoms with van der Waals surface area (Å²) in [6.07, 6.45) is 0. The predicted molar refractivity (Wildman–Crippen MR) is 85.4 cm³/mol. The third-order valence-corrected chi connectivity index (χ3v) is 4.51. The molecule has 1 N–H and O–H groups in total. The highest BCUT2D eigenvalue weighted by atomic mass is 35.5. The Bertz CT molecular complexity index is 751. The molecule has 2 rings (SSSR count). The van der Waals surface area contributed by atoms with Gasteiger partial charge >= 0.3 is 0 Å². The summed E-state index contributed by atoms with van der Waals surface area (Å²) < 4.78 is 27.2. The first-order valence-electron chi connectivity index (χ1n) is 6.24. The van der Waals surface area contributed by atoms with Crippen LogP contribution in [0, 0.1) is 6.92 Å². The summed E-state index contributed by atoms with van der Waals surface area (Å²) in [4.78, 5) is 4.20. The molecule has 110 valence electrons. The van der Waals surface area contributed by atoms with E-state index in [-0.39, 0.29) is 10.7 Å². The molecule has 21 heavy (non-hydrogen) atoms. The van der Waals surface area contributed by atoms with E-state index in [9.17, 15) is 8.42 Å². The lowest BCUT2D eigenvalue weighted by atomic mass is 10.2. The first-order valence-corrected chi connectivity index (χ1v) is 8.11. The number of benzene rings is 2. The molecule has 0 aliphatic heterocycles. The molecule has 4 nitrogen and oxygen atoms in total. The van der Waals surface area contributed by atoms with Crippen molar-refractivity contribution in [3.8, 4) is 0 Å². The monoisotopic (exact) mass is 322 g/mol. The summed E-state index contributed by atoms with van der Waals surface area (Å²) in [6, 6.07) is 13.4. The van der Waals surface area contributed by atoms with Gasteiger partial charge in [-0.15, -0.1) is 0 Å². The maximum absolute atomic E-state index is 12.3. The Labute approximate surface area is 129 Å². The summed E-state index contributed by atoms with van der Waals surface area (Å²) in [6.45, 7) is 1.90. The number of nitrogens with one attached hydrogen (secondary N) is 1. The fraction of sp³-hybridized carbons (Fsp3) is 0.133. The van der Waals surface area contributed by atoms with Gasteiger partial charge in [0.25, 0.3) is 10.0 Å². The minimum atomic E-state index is -3.66. The molecule has 0 radical (unpaired) electrons. The third-order valence-electron chi connectivity index (χ3n) is 2.90. The van der Waals surface area contributed by atoms with Crippen molar-refractivity contribution in [1.82, 2.24) is 4.72 Å². The minimum absolute atomic E-state index is 0.197. The lowest BCUT2D eigenvalue weighted by molar-refractivity contribution is 0.592. The van der Waals surface area contributed by atoms with Gasteiger partial charge in [-0.05, 0) is 43.3 Å². The molecular weight excluding hydrogens is 308 g/mol. The Morgan fingerprint density at radius 2 is 1.62 bits per heavy atom. The van der Waals surface area contributed by atoms with Crippen molar-refractivity contribution in [3.63, 3.8) is 0 Å². The SMILES string of the molecule is CN=C(NS(=O)(=O)c1ccc(C)cc1)c1ccc(Cl)cc1. The fourth-order valence-electron chi connectivity index (χ4n) is 1.75. The second-order valence-corrected chi connectivity index (χ2v) is 6.62. The average Bonchev–Trinajstić information content (AvgIpc) is 2.46. The quantitative estimate of drug-likeness (QED) is 0.697. The van der Waals surface area contributed by atoms with Crippen LogP contribution in [0.3, 0.4) is 0 Å². The highest BCUT2D eigenvalue weighted by Gasteiger charge is 2.16. The van der Waals surface area contributed by atoms with E-state index in [1.54, 1.807) is 48.5 Å². The van der Waals surface area contributed by atoms with Crippen molar-refractivity contribution in [1.29, 1.82) is 0 Å². The second-order valence-electron chi connectivity index (χ2n) is 4.50. The Balaban J connectivity index is 2.29. The topological polar surface area (TPSA) is 58.5 Å². The van der Waals surface area contributed by atoms with Crippen LogP contribution >= 0.6 is 11.6 Å². The summed E-state index contributed by atoms with van der Waals surface area (Å²) in [5.74, 6) is 0.271. The van der Waals surface area contributed by atoms with Gasteiger partial charge in [0.1, 0.15) is 5.84 Å². The number of aryl methyl sites for hydroxylation is 1. The van der Waals surface area contributed by atoms with Gasteiger partial charge in [0, 0.05) is 17.6 Å². The van der Waals surface area contributed by atoms with Crippen LogP contribution in [0.1, 0.15) is 11.1 Å². The maximum Gasteiger partial charge on any atom is 0.263 e. The van der Waals surface area contributed by atoms with Crippen LogP contribution in [-0.2, 0) is 10.0 Å². The minimum Gasteiger partial charge on any atom is -0.271 e. The Hall–Kier alpha value is -1.85. The summed E-state index contributed by atoms with van der Waals surface area (Å²) in [7, 11) is -2.13. The summed E-state index contributed by atoms with van der Waals surface area (Å²) >= 11 is 5.82. The molecule has 0 spiro atoms. The van der Waals surface area contributed by atoms with Crippen LogP contribution in [-0.4, -0.2) is 21.3 Å². The van der Waals surface area contributed by atoms with Crippen molar-refractivity contribution in [3.05, 3.63) is 64.7 Å². The van der Waals surface area contributed by atoms with Crippen LogP contribution in [0.25, 0.3) is 0 Å². The molecule has 0 unspecified atom stereocenters. The van der Waals surface area contributed by atoms with Crippen molar-refractivity contribution < 1.29 is 8.42 Å². The first kappa shape index (κ1) is 15.5. The largest absolute Gasteiger partial charge is 0.271 e. The number of hydrogen-bond donors (Lipinski definition) is 1. The van der Waals surface area contributed by atoms with Crippen molar-refractivity contribution in [2.75, 3.05) is 7.05 Å². The van der Waals surface area contributed by atoms with E-state index in [1.165, 1.54) is 7.05 Å². The van der Waals surface area contributed by atoms with E-state index in [0.717, 1.165) is 5.56 Å². The Morgan fingerprint density at radius 3 is 2.14 bits per heavy atom. The number of amidine groups is 1. The average molecular weight is 323 g/mol. The van der Waals surface area contributed by atoms with Crippen molar-refractivity contribution in [2.24, 2.45) is 4.99 Å². The van der Waals surface area contributed by atoms with Crippen LogP contribution in [0.5, 0.6) is 0 Å². The molecule has 0 aromatic heterocycles. The number of aliphatic imine (C=N–C) groups is 1. The van der Waals surface area contributed by atoms with E-state index in [1.807, 2.05) is 6.92 Å². The molecule has 6 heteroatoms. The van der Waals surface area contributed by atoms with Gasteiger partial charge in [-0.25, -0.2) is 8.42 Å². The van der Waals surface area contributed by atoms with Gasteiger partial charge < -0.3 is 0 Å². The molecule has 0 aliphatic rings. The molecule has 0 atom stereocenters. The molecule has 0 fully saturated rings. The van der Waals surface area contributed by atoms with E-state index >= 15 is 0 Å². The zero-order valence-corrected chi connectivity index (χ0v) is 13.2. The summed E-state index contributed by atoms with van der Waals surface area (Å²) in [5, 5.41) is 0.579. The predicted octanol–water partition coefficient (Wildman–Crippen LogP) is 3.00. The number of hydrogen-bond acceptors (Lipinski definition) is 3. The van der Waals surface area contributed by atoms with Crippen LogP contribution in [0.2, 0.25) is 5.02 Å². The third kappa shape index (κ3) is 3.83. The van der Waals surface area contributed by atoms with Crippen LogP contribution < -0.4 is 4.72 Å². The van der Waals surface area contributed by atoms with Gasteiger partial charge in [0.05, 0.1) is 4.90 Å². The number of nitrogens with zero attached hydrogens (tertiary/aromatic N) is 1. The molecule has 2 aromatic rings.